The van der Waals surface area contributed by atoms with Crippen molar-refractivity contribution in [1.29, 1.82) is 0 Å². The van der Waals surface area contributed by atoms with Gasteiger partial charge in [0.2, 0.25) is 0 Å². The maximum Gasteiger partial charge on any atom is 0.514 e. The molecule has 11 nitrogen and oxygen atoms in total. The van der Waals surface area contributed by atoms with Crippen molar-refractivity contribution >= 4 is 38.6 Å². The van der Waals surface area contributed by atoms with Crippen LogP contribution in [-0.2, 0) is 34.7 Å². The highest BCUT2D eigenvalue weighted by molar-refractivity contribution is 7.59. The third-order valence-corrected chi connectivity index (χ3v) is 10.7. The SMILES string of the molecule is CC(C)(C)OC(=O)Oc1c(CCB2O[C@@H]3C[C@@H]4C[C@@H](C4(C)C)[C@]3(C)O2)ccc(OC2CN(C(=O)[C@@H]3CCCO3)C2)c1C(=O)OC(C)(C)C.S. The quantitative estimate of drug-likeness (QED) is 0.178. The molecule has 2 bridgehead atoms. The first kappa shape index (κ1) is 37.8. The molecule has 0 spiro atoms. The van der Waals surface area contributed by atoms with Gasteiger partial charge in [0.05, 0.1) is 24.8 Å². The van der Waals surface area contributed by atoms with E-state index in [1.807, 2.05) is 0 Å². The molecule has 7 rings (SSSR count). The van der Waals surface area contributed by atoms with Crippen LogP contribution in [0.25, 0.3) is 0 Å². The number of hydrogen-bond acceptors (Lipinski definition) is 10. The number of carbonyl (C=O) groups is 3. The van der Waals surface area contributed by atoms with E-state index in [1.165, 1.54) is 0 Å². The largest absolute Gasteiger partial charge is 0.514 e. The summed E-state index contributed by atoms with van der Waals surface area (Å²) in [5, 5.41) is 0. The number of benzene rings is 1. The Morgan fingerprint density at radius 2 is 1.69 bits per heavy atom. The molecule has 13 heteroatoms. The Labute approximate surface area is 297 Å². The number of hydrogen-bond donors (Lipinski definition) is 0. The predicted molar refractivity (Wildman–Crippen MR) is 187 cm³/mol. The van der Waals surface area contributed by atoms with Crippen LogP contribution in [0.5, 0.6) is 11.5 Å². The summed E-state index contributed by atoms with van der Waals surface area (Å²) >= 11 is 0. The third-order valence-electron chi connectivity index (χ3n) is 10.7. The highest BCUT2D eigenvalue weighted by atomic mass is 32.1. The summed E-state index contributed by atoms with van der Waals surface area (Å²) in [4.78, 5) is 41.5. The molecule has 0 unspecified atom stereocenters. The number of carbonyl (C=O) groups excluding carboxylic acids is 3. The van der Waals surface area contributed by atoms with Gasteiger partial charge < -0.3 is 37.9 Å². The number of aryl methyl sites for hydroxylation is 1. The highest BCUT2D eigenvalue weighted by Crippen LogP contribution is 2.65. The van der Waals surface area contributed by atoms with Crippen molar-refractivity contribution in [2.75, 3.05) is 19.7 Å². The fraction of sp³-hybridized carbons (Fsp3) is 0.750. The third kappa shape index (κ3) is 7.74. The number of esters is 1. The van der Waals surface area contributed by atoms with Crippen LogP contribution in [0.4, 0.5) is 4.79 Å². The lowest BCUT2D eigenvalue weighted by atomic mass is 9.43. The minimum Gasteiger partial charge on any atom is -0.486 e. The number of nitrogens with zero attached hydrogens (tertiary/aromatic N) is 1. The van der Waals surface area contributed by atoms with Gasteiger partial charge in [0.1, 0.15) is 34.7 Å². The minimum absolute atomic E-state index is 0. The summed E-state index contributed by atoms with van der Waals surface area (Å²) in [6, 6.07) is 3.50. The van der Waals surface area contributed by atoms with Gasteiger partial charge in [0, 0.05) is 6.61 Å². The molecule has 1 aromatic carbocycles. The number of likely N-dealkylation sites (tertiary alicyclic amines) is 1. The zero-order chi connectivity index (χ0) is 34.8. The van der Waals surface area contributed by atoms with Gasteiger partial charge >= 0.3 is 19.2 Å². The topological polar surface area (TPSA) is 119 Å². The van der Waals surface area contributed by atoms with Gasteiger partial charge in [-0.05, 0) is 116 Å². The van der Waals surface area contributed by atoms with E-state index >= 15 is 0 Å². The summed E-state index contributed by atoms with van der Waals surface area (Å²) in [5.74, 6) is 0.552. The van der Waals surface area contributed by atoms with E-state index in [2.05, 4.69) is 20.8 Å². The van der Waals surface area contributed by atoms with E-state index in [-0.39, 0.29) is 59.7 Å². The van der Waals surface area contributed by atoms with Crippen LogP contribution in [-0.4, -0.2) is 84.9 Å². The van der Waals surface area contributed by atoms with Crippen LogP contribution >= 0.6 is 13.5 Å². The lowest BCUT2D eigenvalue weighted by Crippen LogP contribution is -2.65. The van der Waals surface area contributed by atoms with Crippen LogP contribution < -0.4 is 9.47 Å². The Bertz CT molecular complexity index is 1430. The molecule has 0 radical (unpaired) electrons. The molecular weight excluding hydrogens is 649 g/mol. The first-order chi connectivity index (χ1) is 22.3. The summed E-state index contributed by atoms with van der Waals surface area (Å²) in [6.45, 7) is 18.7. The molecule has 49 heavy (non-hydrogen) atoms. The molecule has 272 valence electrons. The fourth-order valence-electron chi connectivity index (χ4n) is 8.09. The fourth-order valence-corrected chi connectivity index (χ4v) is 8.09. The van der Waals surface area contributed by atoms with Crippen molar-refractivity contribution in [1.82, 2.24) is 4.90 Å². The molecule has 3 heterocycles. The second-order valence-electron chi connectivity index (χ2n) is 16.9. The van der Waals surface area contributed by atoms with Crippen molar-refractivity contribution in [2.45, 2.75) is 136 Å². The van der Waals surface area contributed by atoms with E-state index < -0.39 is 36.5 Å². The lowest BCUT2D eigenvalue weighted by molar-refractivity contribution is -0.199. The first-order valence-corrected chi connectivity index (χ1v) is 17.5. The Hall–Kier alpha value is -2.48. The lowest BCUT2D eigenvalue weighted by Gasteiger charge is -2.64. The van der Waals surface area contributed by atoms with E-state index in [1.54, 1.807) is 58.6 Å². The Morgan fingerprint density at radius 3 is 2.31 bits per heavy atom. The monoisotopic (exact) mass is 703 g/mol. The molecule has 3 aliphatic carbocycles. The Balaban J connectivity index is 0.00000468. The van der Waals surface area contributed by atoms with Gasteiger partial charge in [0.25, 0.3) is 5.91 Å². The average Bonchev–Trinajstić information content (AvgIpc) is 3.59. The predicted octanol–water partition coefficient (Wildman–Crippen LogP) is 6.11. The van der Waals surface area contributed by atoms with Gasteiger partial charge in [-0.3, -0.25) is 4.79 Å². The molecule has 3 saturated heterocycles. The Morgan fingerprint density at radius 1 is 1.00 bits per heavy atom. The molecule has 0 aromatic heterocycles. The maximum absolute atomic E-state index is 13.9. The van der Waals surface area contributed by atoms with Crippen molar-refractivity contribution < 1.29 is 47.4 Å². The average molecular weight is 704 g/mol. The zero-order valence-corrected chi connectivity index (χ0v) is 31.5. The van der Waals surface area contributed by atoms with Gasteiger partial charge in [-0.2, -0.15) is 13.5 Å². The molecule has 0 N–H and O–H groups in total. The molecule has 5 atom stereocenters. The van der Waals surface area contributed by atoms with Crippen LogP contribution in [0.2, 0.25) is 6.32 Å². The van der Waals surface area contributed by atoms with Crippen LogP contribution in [0.3, 0.4) is 0 Å². The van der Waals surface area contributed by atoms with Crippen molar-refractivity contribution in [3.05, 3.63) is 23.3 Å². The van der Waals surface area contributed by atoms with Gasteiger partial charge in [-0.15, -0.1) is 0 Å². The van der Waals surface area contributed by atoms with Crippen LogP contribution in [0, 0.1) is 17.3 Å². The molecule has 1 amide bonds. The van der Waals surface area contributed by atoms with E-state index in [4.69, 9.17) is 33.0 Å². The number of ether oxygens (including phenoxy) is 5. The number of rotatable bonds is 8. The first-order valence-electron chi connectivity index (χ1n) is 17.5. The van der Waals surface area contributed by atoms with Crippen molar-refractivity contribution in [3.8, 4) is 11.5 Å². The second-order valence-corrected chi connectivity index (χ2v) is 16.9. The highest BCUT2D eigenvalue weighted by Gasteiger charge is 2.67. The van der Waals surface area contributed by atoms with Gasteiger partial charge in [0.15, 0.2) is 5.75 Å². The zero-order valence-electron chi connectivity index (χ0n) is 30.5. The van der Waals surface area contributed by atoms with Crippen molar-refractivity contribution in [2.24, 2.45) is 17.3 Å². The minimum atomic E-state index is -0.948. The molecule has 6 fully saturated rings. The summed E-state index contributed by atoms with van der Waals surface area (Å²) < 4.78 is 42.2. The normalized spacial score (nSPS) is 28.8. The second kappa shape index (κ2) is 13.6. The number of amides is 1. The van der Waals surface area contributed by atoms with Gasteiger partial charge in [-0.25, -0.2) is 9.59 Å². The maximum atomic E-state index is 13.9. The van der Waals surface area contributed by atoms with E-state index in [0.717, 1.165) is 19.3 Å². The van der Waals surface area contributed by atoms with Gasteiger partial charge in [-0.1, -0.05) is 19.9 Å². The van der Waals surface area contributed by atoms with Crippen LogP contribution in [0.15, 0.2) is 12.1 Å². The van der Waals surface area contributed by atoms with E-state index in [9.17, 15) is 14.4 Å². The summed E-state index contributed by atoms with van der Waals surface area (Å²) in [5.41, 5.74) is -1.19. The molecule has 3 saturated carbocycles. The molecular formula is C36H54BNO10S. The summed E-state index contributed by atoms with van der Waals surface area (Å²) in [7, 11) is -0.437. The molecule has 6 aliphatic rings. The molecule has 1 aromatic rings. The van der Waals surface area contributed by atoms with E-state index in [0.29, 0.717) is 56.3 Å². The standard InChI is InChI=1S/C36H52BNO10.H2S/c1-33(2,3)45-31(40)28-24(43-23-19-38(20-23)30(39)25-11-10-16-42-25)13-12-21(29(28)44-32(41)46-34(4,5)6)14-15-37-47-27-18-22-17-26(35(22,7)8)36(27,9)48-37;/h12-13,22-23,25-27H,10-11,14-20H2,1-9H3;1H2/t22-,25-,26-,27+,36-;/m0./s1. The molecule has 3 aliphatic heterocycles. The van der Waals surface area contributed by atoms with Crippen molar-refractivity contribution in [3.63, 3.8) is 0 Å². The summed E-state index contributed by atoms with van der Waals surface area (Å²) in [6.07, 6.45) is 2.93. The smallest absolute Gasteiger partial charge is 0.486 e. The van der Waals surface area contributed by atoms with Crippen LogP contribution in [0.1, 0.15) is 104 Å². The Kier molecular flexibility index (Phi) is 10.5.